The van der Waals surface area contributed by atoms with Crippen molar-refractivity contribution in [3.63, 3.8) is 0 Å². The average Bonchev–Trinajstić information content (AvgIpc) is 2.57. The van der Waals surface area contributed by atoms with Crippen LogP contribution in [0.5, 0.6) is 0 Å². The second-order valence-corrected chi connectivity index (χ2v) is 4.26. The summed E-state index contributed by atoms with van der Waals surface area (Å²) in [6, 6.07) is 0. The molecule has 2 rings (SSSR count). The van der Waals surface area contributed by atoms with Crippen molar-refractivity contribution in [2.24, 2.45) is 0 Å². The molecule has 0 aliphatic heterocycles. The highest BCUT2D eigenvalue weighted by molar-refractivity contribution is 6.31. The minimum Gasteiger partial charge on any atom is -0.258 e. The van der Waals surface area contributed by atoms with Gasteiger partial charge in [-0.25, -0.2) is 9.67 Å². The largest absolute Gasteiger partial charge is 0.334 e. The number of halogens is 2. The van der Waals surface area contributed by atoms with E-state index in [9.17, 15) is 10.1 Å². The first-order chi connectivity index (χ1) is 8.40. The molecule has 0 atom stereocenters. The fourth-order valence-corrected chi connectivity index (χ4v) is 1.78. The molecule has 9 heteroatoms. The van der Waals surface area contributed by atoms with Crippen molar-refractivity contribution in [2.75, 3.05) is 0 Å². The van der Waals surface area contributed by atoms with Gasteiger partial charge in [-0.05, 0) is 25.4 Å². The second-order valence-electron chi connectivity index (χ2n) is 3.51. The molecular formula is C9H7Cl2N5O2. The van der Waals surface area contributed by atoms with Crippen molar-refractivity contribution in [3.8, 4) is 5.82 Å². The van der Waals surface area contributed by atoms with E-state index < -0.39 is 4.92 Å². The maximum absolute atomic E-state index is 11.0. The lowest BCUT2D eigenvalue weighted by Gasteiger charge is -2.04. The number of nitrogens with zero attached hydrogens (tertiary/aromatic N) is 5. The molecule has 0 amide bonds. The second kappa shape index (κ2) is 4.51. The van der Waals surface area contributed by atoms with Crippen LogP contribution in [0.25, 0.3) is 5.82 Å². The summed E-state index contributed by atoms with van der Waals surface area (Å²) in [5.41, 5.74) is 0.455. The first kappa shape index (κ1) is 12.7. The maximum Gasteiger partial charge on any atom is 0.334 e. The highest BCUT2D eigenvalue weighted by Crippen LogP contribution is 2.26. The van der Waals surface area contributed by atoms with Gasteiger partial charge in [0.1, 0.15) is 5.69 Å². The molecule has 0 N–H and O–H groups in total. The average molecular weight is 288 g/mol. The van der Waals surface area contributed by atoms with E-state index in [4.69, 9.17) is 23.2 Å². The number of hydrogen-bond donors (Lipinski definition) is 0. The molecule has 0 fully saturated rings. The van der Waals surface area contributed by atoms with Crippen molar-refractivity contribution in [1.82, 2.24) is 19.7 Å². The summed E-state index contributed by atoms with van der Waals surface area (Å²) < 4.78 is 1.22. The highest BCUT2D eigenvalue weighted by atomic mass is 35.5. The molecule has 0 aliphatic carbocycles. The molecule has 7 nitrogen and oxygen atoms in total. The van der Waals surface area contributed by atoms with E-state index in [-0.39, 0.29) is 22.5 Å². The fourth-order valence-electron chi connectivity index (χ4n) is 1.44. The third kappa shape index (κ3) is 2.14. The van der Waals surface area contributed by atoms with Crippen LogP contribution in [-0.4, -0.2) is 24.7 Å². The highest BCUT2D eigenvalue weighted by Gasteiger charge is 2.24. The normalized spacial score (nSPS) is 10.7. The van der Waals surface area contributed by atoms with Crippen molar-refractivity contribution in [1.29, 1.82) is 0 Å². The molecule has 2 aromatic heterocycles. The van der Waals surface area contributed by atoms with Crippen molar-refractivity contribution >= 4 is 28.9 Å². The number of aryl methyl sites for hydroxylation is 2. The summed E-state index contributed by atoms with van der Waals surface area (Å²) in [5.74, 6) is -0.00694. The van der Waals surface area contributed by atoms with Crippen LogP contribution in [-0.2, 0) is 0 Å². The molecule has 2 heterocycles. The van der Waals surface area contributed by atoms with Gasteiger partial charge in [-0.15, -0.1) is 0 Å². The van der Waals surface area contributed by atoms with E-state index in [1.807, 2.05) is 0 Å². The summed E-state index contributed by atoms with van der Waals surface area (Å²) in [5, 5.41) is 15.4. The van der Waals surface area contributed by atoms with Gasteiger partial charge < -0.3 is 0 Å². The van der Waals surface area contributed by atoms with Gasteiger partial charge in [0.25, 0.3) is 0 Å². The number of aromatic nitrogens is 4. The van der Waals surface area contributed by atoms with Gasteiger partial charge in [0.05, 0.1) is 21.8 Å². The minimum atomic E-state index is -0.577. The van der Waals surface area contributed by atoms with E-state index in [1.54, 1.807) is 6.92 Å². The van der Waals surface area contributed by atoms with Gasteiger partial charge in [-0.3, -0.25) is 10.1 Å². The molecule has 0 aromatic carbocycles. The maximum atomic E-state index is 11.0. The van der Waals surface area contributed by atoms with Crippen LogP contribution in [0.3, 0.4) is 0 Å². The lowest BCUT2D eigenvalue weighted by atomic mass is 10.3. The minimum absolute atomic E-state index is 0.00694. The zero-order chi connectivity index (χ0) is 13.4. The van der Waals surface area contributed by atoms with Crippen LogP contribution in [0, 0.1) is 24.0 Å². The number of hydrogen-bond acceptors (Lipinski definition) is 5. The molecule has 0 unspecified atom stereocenters. The monoisotopic (exact) mass is 287 g/mol. The molecule has 2 aromatic rings. The van der Waals surface area contributed by atoms with E-state index >= 15 is 0 Å². The van der Waals surface area contributed by atoms with Crippen LogP contribution in [0.4, 0.5) is 5.69 Å². The van der Waals surface area contributed by atoms with Crippen molar-refractivity contribution < 1.29 is 4.92 Å². The van der Waals surface area contributed by atoms with Gasteiger partial charge >= 0.3 is 5.69 Å². The molecule has 94 valence electrons. The zero-order valence-corrected chi connectivity index (χ0v) is 10.9. The Labute approximate surface area is 112 Å². The molecule has 0 aliphatic rings. The summed E-state index contributed by atoms with van der Waals surface area (Å²) in [7, 11) is 0. The predicted octanol–water partition coefficient (Wildman–Crippen LogP) is 2.49. The molecule has 18 heavy (non-hydrogen) atoms. The molecular weight excluding hydrogens is 281 g/mol. The van der Waals surface area contributed by atoms with E-state index in [1.165, 1.54) is 17.8 Å². The Morgan fingerprint density at radius 2 is 1.94 bits per heavy atom. The van der Waals surface area contributed by atoms with Crippen LogP contribution >= 0.6 is 23.2 Å². The Morgan fingerprint density at radius 3 is 2.44 bits per heavy atom. The fraction of sp³-hybridized carbons (Fsp3) is 0.222. The van der Waals surface area contributed by atoms with E-state index in [0.717, 1.165) is 0 Å². The molecule has 0 bridgehead atoms. The topological polar surface area (TPSA) is 86.7 Å². The predicted molar refractivity (Wildman–Crippen MR) is 65.3 cm³/mol. The first-order valence-corrected chi connectivity index (χ1v) is 5.56. The number of rotatable bonds is 2. The standard InChI is InChI=1S/C9H7Cl2N5O2/c1-4-6(10)3-15(14-4)8-7(16(17)18)5(2)12-9(11)13-8/h3H,1-2H3. The first-order valence-electron chi connectivity index (χ1n) is 4.81. The molecule has 0 saturated heterocycles. The number of nitro groups is 1. The van der Waals surface area contributed by atoms with Gasteiger partial charge in [0.2, 0.25) is 11.1 Å². The lowest BCUT2D eigenvalue weighted by Crippen LogP contribution is -2.07. The Bertz CT molecular complexity index is 621. The third-order valence-corrected chi connectivity index (χ3v) is 2.79. The Kier molecular flexibility index (Phi) is 3.18. The Balaban J connectivity index is 2.73. The van der Waals surface area contributed by atoms with Gasteiger partial charge in [0, 0.05) is 0 Å². The lowest BCUT2D eigenvalue weighted by molar-refractivity contribution is -0.385. The van der Waals surface area contributed by atoms with Gasteiger partial charge in [-0.1, -0.05) is 11.6 Å². The zero-order valence-electron chi connectivity index (χ0n) is 9.39. The van der Waals surface area contributed by atoms with Gasteiger partial charge in [0.15, 0.2) is 0 Å². The summed E-state index contributed by atoms with van der Waals surface area (Å²) >= 11 is 11.6. The van der Waals surface area contributed by atoms with E-state index in [0.29, 0.717) is 10.7 Å². The quantitative estimate of drug-likeness (QED) is 0.481. The van der Waals surface area contributed by atoms with Crippen LogP contribution in [0.2, 0.25) is 10.3 Å². The van der Waals surface area contributed by atoms with Crippen molar-refractivity contribution in [2.45, 2.75) is 13.8 Å². The SMILES string of the molecule is Cc1nn(-c2nc(Cl)nc(C)c2[N+](=O)[O-])cc1Cl. The Hall–Kier alpha value is -1.73. The van der Waals surface area contributed by atoms with Crippen LogP contribution in [0.15, 0.2) is 6.20 Å². The smallest absolute Gasteiger partial charge is 0.258 e. The molecule has 0 radical (unpaired) electrons. The van der Waals surface area contributed by atoms with Crippen LogP contribution in [0.1, 0.15) is 11.4 Å². The van der Waals surface area contributed by atoms with Gasteiger partial charge in [-0.2, -0.15) is 10.1 Å². The van der Waals surface area contributed by atoms with Crippen LogP contribution < -0.4 is 0 Å². The van der Waals surface area contributed by atoms with E-state index in [2.05, 4.69) is 15.1 Å². The summed E-state index contributed by atoms with van der Waals surface area (Å²) in [4.78, 5) is 18.0. The summed E-state index contributed by atoms with van der Waals surface area (Å²) in [6.07, 6.45) is 1.43. The molecule has 0 spiro atoms. The van der Waals surface area contributed by atoms with Crippen molar-refractivity contribution in [3.05, 3.63) is 38.0 Å². The third-order valence-electron chi connectivity index (χ3n) is 2.25. The molecule has 0 saturated carbocycles. The Morgan fingerprint density at radius 1 is 1.28 bits per heavy atom. The summed E-state index contributed by atoms with van der Waals surface area (Å²) in [6.45, 7) is 3.16.